The Morgan fingerprint density at radius 3 is 3.12 bits per heavy atom. The molecule has 0 amide bonds. The summed E-state index contributed by atoms with van der Waals surface area (Å²) in [5.41, 5.74) is 0.693. The molecule has 0 aliphatic heterocycles. The minimum atomic E-state index is -0.471. The van der Waals surface area contributed by atoms with E-state index >= 15 is 0 Å². The smallest absolute Gasteiger partial charge is 0.399 e. The molecule has 0 atom stereocenters. The van der Waals surface area contributed by atoms with Crippen LogP contribution in [-0.2, 0) is 6.54 Å². The van der Waals surface area contributed by atoms with Crippen LogP contribution in [0.2, 0.25) is 0 Å². The lowest BCUT2D eigenvalue weighted by Crippen LogP contribution is -2.04. The molecule has 0 fully saturated rings. The van der Waals surface area contributed by atoms with E-state index in [0.29, 0.717) is 12.2 Å². The van der Waals surface area contributed by atoms with Crippen LogP contribution in [0.15, 0.2) is 33.4 Å². The Labute approximate surface area is 106 Å². The zero-order valence-electron chi connectivity index (χ0n) is 9.04. The highest BCUT2D eigenvalue weighted by Gasteiger charge is 2.10. The summed E-state index contributed by atoms with van der Waals surface area (Å²) < 4.78 is 24.4. The van der Waals surface area contributed by atoms with Gasteiger partial charge in [0.15, 0.2) is 11.6 Å². The Morgan fingerprint density at radius 2 is 2.35 bits per heavy atom. The molecule has 0 aliphatic rings. The predicted molar refractivity (Wildman–Crippen MR) is 63.4 cm³/mol. The minimum absolute atomic E-state index is 0.0206. The highest BCUT2D eigenvalue weighted by Crippen LogP contribution is 2.26. The number of oxazole rings is 1. The molecule has 17 heavy (non-hydrogen) atoms. The first-order valence-corrected chi connectivity index (χ1v) is 5.70. The monoisotopic (exact) mass is 300 g/mol. The van der Waals surface area contributed by atoms with Gasteiger partial charge in [-0.25, -0.2) is 4.39 Å². The van der Waals surface area contributed by atoms with Crippen molar-refractivity contribution in [3.8, 4) is 11.8 Å². The van der Waals surface area contributed by atoms with Crippen LogP contribution in [0, 0.1) is 5.82 Å². The molecule has 1 aromatic carbocycles. The van der Waals surface area contributed by atoms with Gasteiger partial charge in [-0.05, 0) is 25.2 Å². The molecule has 1 aromatic heterocycles. The highest BCUT2D eigenvalue weighted by atomic mass is 79.9. The summed E-state index contributed by atoms with van der Waals surface area (Å²) >= 11 is 3.23. The van der Waals surface area contributed by atoms with E-state index in [1.807, 2.05) is 0 Å². The van der Waals surface area contributed by atoms with E-state index in [2.05, 4.69) is 26.2 Å². The summed E-state index contributed by atoms with van der Waals surface area (Å²) in [7, 11) is 1.79. The molecular weight excluding hydrogens is 291 g/mol. The summed E-state index contributed by atoms with van der Waals surface area (Å²) in [6.07, 6.45) is 1.48. The SMILES string of the molecule is CNCc1coc(Oc2cc(Br)ccc2F)n1. The molecule has 0 spiro atoms. The van der Waals surface area contributed by atoms with Gasteiger partial charge in [0.05, 0.1) is 5.69 Å². The average molecular weight is 301 g/mol. The second-order valence-corrected chi connectivity index (χ2v) is 4.23. The molecule has 6 heteroatoms. The molecule has 2 rings (SSSR count). The fraction of sp³-hybridized carbons (Fsp3) is 0.182. The standard InChI is InChI=1S/C11H10BrFN2O2/c1-14-5-8-6-16-11(15-8)17-10-4-7(12)2-3-9(10)13/h2-4,6,14H,5H2,1H3. The zero-order chi connectivity index (χ0) is 12.3. The molecule has 0 radical (unpaired) electrons. The Kier molecular flexibility index (Phi) is 3.75. The van der Waals surface area contributed by atoms with Gasteiger partial charge in [0.1, 0.15) is 6.26 Å². The van der Waals surface area contributed by atoms with Crippen molar-refractivity contribution in [2.75, 3.05) is 7.05 Å². The summed E-state index contributed by atoms with van der Waals surface area (Å²) in [6.45, 7) is 0.563. The number of aromatic nitrogens is 1. The number of rotatable bonds is 4. The van der Waals surface area contributed by atoms with Crippen LogP contribution in [0.4, 0.5) is 4.39 Å². The van der Waals surface area contributed by atoms with Crippen molar-refractivity contribution in [3.63, 3.8) is 0 Å². The van der Waals surface area contributed by atoms with Crippen LogP contribution in [0.5, 0.6) is 11.8 Å². The van der Waals surface area contributed by atoms with Crippen molar-refractivity contribution in [3.05, 3.63) is 40.4 Å². The molecule has 0 bridgehead atoms. The van der Waals surface area contributed by atoms with Crippen LogP contribution < -0.4 is 10.1 Å². The van der Waals surface area contributed by atoms with Crippen LogP contribution in [-0.4, -0.2) is 12.0 Å². The molecule has 4 nitrogen and oxygen atoms in total. The second-order valence-electron chi connectivity index (χ2n) is 3.31. The van der Waals surface area contributed by atoms with E-state index in [0.717, 1.165) is 4.47 Å². The van der Waals surface area contributed by atoms with Crippen molar-refractivity contribution >= 4 is 15.9 Å². The normalized spacial score (nSPS) is 10.5. The summed E-state index contributed by atoms with van der Waals surface area (Å²) in [4.78, 5) is 4.03. The lowest BCUT2D eigenvalue weighted by molar-refractivity contribution is 0.318. The maximum absolute atomic E-state index is 13.4. The van der Waals surface area contributed by atoms with Crippen LogP contribution in [0.3, 0.4) is 0 Å². The van der Waals surface area contributed by atoms with Gasteiger partial charge in [0.25, 0.3) is 0 Å². The van der Waals surface area contributed by atoms with E-state index in [4.69, 9.17) is 9.15 Å². The van der Waals surface area contributed by atoms with Crippen molar-refractivity contribution < 1.29 is 13.5 Å². The van der Waals surface area contributed by atoms with E-state index in [1.54, 1.807) is 13.1 Å². The molecule has 0 saturated heterocycles. The number of nitrogens with one attached hydrogen (secondary N) is 1. The van der Waals surface area contributed by atoms with Crippen molar-refractivity contribution in [2.45, 2.75) is 6.54 Å². The van der Waals surface area contributed by atoms with Gasteiger partial charge in [-0.2, -0.15) is 4.98 Å². The Hall–Kier alpha value is -1.40. The molecule has 2 aromatic rings. The van der Waals surface area contributed by atoms with Gasteiger partial charge in [-0.3, -0.25) is 0 Å². The fourth-order valence-electron chi connectivity index (χ4n) is 1.25. The third kappa shape index (κ3) is 3.04. The summed E-state index contributed by atoms with van der Waals surface area (Å²) in [6, 6.07) is 4.40. The fourth-order valence-corrected chi connectivity index (χ4v) is 1.59. The Balaban J connectivity index is 2.16. The van der Waals surface area contributed by atoms with E-state index in [1.165, 1.54) is 18.4 Å². The number of halogens is 2. The number of nitrogens with zero attached hydrogens (tertiary/aromatic N) is 1. The minimum Gasteiger partial charge on any atom is -0.417 e. The van der Waals surface area contributed by atoms with Crippen LogP contribution >= 0.6 is 15.9 Å². The quantitative estimate of drug-likeness (QED) is 0.942. The average Bonchev–Trinajstić information content (AvgIpc) is 2.72. The van der Waals surface area contributed by atoms with Crippen LogP contribution in [0.1, 0.15) is 5.69 Å². The van der Waals surface area contributed by atoms with Crippen molar-refractivity contribution in [1.82, 2.24) is 10.3 Å². The van der Waals surface area contributed by atoms with Gasteiger partial charge >= 0.3 is 6.08 Å². The number of hydrogen-bond acceptors (Lipinski definition) is 4. The molecule has 90 valence electrons. The molecule has 1 N–H and O–H groups in total. The van der Waals surface area contributed by atoms with Crippen molar-refractivity contribution in [2.24, 2.45) is 0 Å². The summed E-state index contributed by atoms with van der Waals surface area (Å²) in [5, 5.41) is 2.92. The maximum atomic E-state index is 13.4. The first kappa shape index (κ1) is 12.1. The van der Waals surface area contributed by atoms with E-state index in [-0.39, 0.29) is 11.8 Å². The summed E-state index contributed by atoms with van der Waals surface area (Å²) in [5.74, 6) is -0.404. The maximum Gasteiger partial charge on any atom is 0.399 e. The van der Waals surface area contributed by atoms with Gasteiger partial charge in [-0.1, -0.05) is 15.9 Å². The first-order chi connectivity index (χ1) is 8.19. The van der Waals surface area contributed by atoms with E-state index in [9.17, 15) is 4.39 Å². The van der Waals surface area contributed by atoms with Gasteiger partial charge in [0, 0.05) is 11.0 Å². The lowest BCUT2D eigenvalue weighted by Gasteiger charge is -2.02. The zero-order valence-corrected chi connectivity index (χ0v) is 10.6. The van der Waals surface area contributed by atoms with Crippen molar-refractivity contribution in [1.29, 1.82) is 0 Å². The lowest BCUT2D eigenvalue weighted by atomic mass is 10.3. The Morgan fingerprint density at radius 1 is 1.53 bits per heavy atom. The second kappa shape index (κ2) is 5.29. The predicted octanol–water partition coefficient (Wildman–Crippen LogP) is 3.09. The number of ether oxygens (including phenoxy) is 1. The molecule has 0 saturated carbocycles. The number of benzene rings is 1. The van der Waals surface area contributed by atoms with E-state index < -0.39 is 5.82 Å². The molecule has 0 aliphatic carbocycles. The Bertz CT molecular complexity index is 516. The van der Waals surface area contributed by atoms with Gasteiger partial charge in [-0.15, -0.1) is 0 Å². The first-order valence-electron chi connectivity index (χ1n) is 4.91. The molecule has 1 heterocycles. The number of hydrogen-bond donors (Lipinski definition) is 1. The molecule has 0 unspecified atom stereocenters. The highest BCUT2D eigenvalue weighted by molar-refractivity contribution is 9.10. The third-order valence-electron chi connectivity index (χ3n) is 1.98. The van der Waals surface area contributed by atoms with Crippen LogP contribution in [0.25, 0.3) is 0 Å². The largest absolute Gasteiger partial charge is 0.417 e. The third-order valence-corrected chi connectivity index (χ3v) is 2.47. The van der Waals surface area contributed by atoms with Gasteiger partial charge in [0.2, 0.25) is 0 Å². The molecular formula is C11H10BrFN2O2. The topological polar surface area (TPSA) is 47.3 Å². The van der Waals surface area contributed by atoms with Gasteiger partial charge < -0.3 is 14.5 Å².